The highest BCUT2D eigenvalue weighted by molar-refractivity contribution is 6.34. The van der Waals surface area contributed by atoms with Gasteiger partial charge in [0.15, 0.2) is 6.61 Å². The number of ether oxygens (including phenoxy) is 1. The molecule has 2 N–H and O–H groups in total. The van der Waals surface area contributed by atoms with Crippen molar-refractivity contribution in [2.24, 2.45) is 11.1 Å². The first-order valence-electron chi connectivity index (χ1n) is 6.91. The van der Waals surface area contributed by atoms with Crippen LogP contribution in [0.3, 0.4) is 0 Å². The maximum absolute atomic E-state index is 12.2. The number of hydrogen-bond acceptors (Lipinski definition) is 3. The van der Waals surface area contributed by atoms with Gasteiger partial charge >= 0.3 is 0 Å². The zero-order valence-electron chi connectivity index (χ0n) is 12.6. The van der Waals surface area contributed by atoms with E-state index in [1.165, 1.54) is 0 Å². The van der Waals surface area contributed by atoms with Crippen molar-refractivity contribution < 1.29 is 9.53 Å². The molecule has 7 heteroatoms. The highest BCUT2D eigenvalue weighted by atomic mass is 35.5. The van der Waals surface area contributed by atoms with E-state index in [9.17, 15) is 4.79 Å². The normalized spacial score (nSPS) is 20.2. The molecule has 1 aromatic carbocycles. The second kappa shape index (κ2) is 7.73. The van der Waals surface area contributed by atoms with Crippen LogP contribution in [0.15, 0.2) is 18.2 Å². The highest BCUT2D eigenvalue weighted by Gasteiger charge is 2.35. The first-order valence-corrected chi connectivity index (χ1v) is 7.66. The van der Waals surface area contributed by atoms with Crippen molar-refractivity contribution in [3.63, 3.8) is 0 Å². The minimum atomic E-state index is -0.0817. The van der Waals surface area contributed by atoms with E-state index in [0.29, 0.717) is 28.9 Å². The molecule has 0 aromatic heterocycles. The Bertz CT molecular complexity index is 538. The van der Waals surface area contributed by atoms with E-state index in [2.05, 4.69) is 13.8 Å². The van der Waals surface area contributed by atoms with Gasteiger partial charge in [-0.3, -0.25) is 4.79 Å². The number of hydrogen-bond donors (Lipinski definition) is 1. The van der Waals surface area contributed by atoms with Crippen LogP contribution in [0, 0.1) is 5.41 Å². The lowest BCUT2D eigenvalue weighted by Crippen LogP contribution is -2.54. The van der Waals surface area contributed by atoms with Crippen molar-refractivity contribution in [2.75, 3.05) is 19.7 Å². The Kier molecular flexibility index (Phi) is 6.81. The van der Waals surface area contributed by atoms with Crippen LogP contribution in [0.5, 0.6) is 5.75 Å². The lowest BCUT2D eigenvalue weighted by Gasteiger charge is -2.42. The molecule has 1 unspecified atom stereocenters. The Morgan fingerprint density at radius 2 is 2.14 bits per heavy atom. The minimum absolute atomic E-state index is 0. The minimum Gasteiger partial charge on any atom is -0.482 e. The molecule has 1 aliphatic rings. The number of halogens is 3. The average molecular weight is 368 g/mol. The summed E-state index contributed by atoms with van der Waals surface area (Å²) < 4.78 is 5.49. The Morgan fingerprint density at radius 3 is 2.77 bits per heavy atom. The Balaban J connectivity index is 0.00000242. The fourth-order valence-corrected chi connectivity index (χ4v) is 2.74. The molecule has 0 saturated carbocycles. The van der Waals surface area contributed by atoms with Gasteiger partial charge in [-0.25, -0.2) is 0 Å². The van der Waals surface area contributed by atoms with Crippen LogP contribution in [0.2, 0.25) is 10.0 Å². The standard InChI is InChI=1S/C15H20Cl2N2O2.ClH/c1-15(2)9-19(6-5-13(15)18)14(20)8-21-12-7-10(16)3-4-11(12)17;/h3-4,7,13H,5-6,8-9,18H2,1-2H3;1H. The molecule has 0 bridgehead atoms. The Morgan fingerprint density at radius 1 is 1.45 bits per heavy atom. The van der Waals surface area contributed by atoms with Crippen molar-refractivity contribution in [1.82, 2.24) is 4.90 Å². The summed E-state index contributed by atoms with van der Waals surface area (Å²) in [6, 6.07) is 5.04. The Labute approximate surface area is 147 Å². The topological polar surface area (TPSA) is 55.6 Å². The quantitative estimate of drug-likeness (QED) is 0.891. The number of piperidine rings is 1. The van der Waals surface area contributed by atoms with E-state index >= 15 is 0 Å². The summed E-state index contributed by atoms with van der Waals surface area (Å²) in [6.45, 7) is 5.40. The smallest absolute Gasteiger partial charge is 0.260 e. The van der Waals surface area contributed by atoms with Crippen molar-refractivity contribution in [2.45, 2.75) is 26.3 Å². The molecule has 1 heterocycles. The predicted octanol–water partition coefficient (Wildman–Crippen LogP) is 3.38. The zero-order valence-corrected chi connectivity index (χ0v) is 15.0. The fraction of sp³-hybridized carbons (Fsp3) is 0.533. The van der Waals surface area contributed by atoms with Gasteiger partial charge in [-0.05, 0) is 24.0 Å². The van der Waals surface area contributed by atoms with Crippen LogP contribution in [0.1, 0.15) is 20.3 Å². The predicted molar refractivity (Wildman–Crippen MR) is 92.2 cm³/mol. The molecule has 1 fully saturated rings. The van der Waals surface area contributed by atoms with Gasteiger partial charge < -0.3 is 15.4 Å². The number of nitrogens with zero attached hydrogens (tertiary/aromatic N) is 1. The van der Waals surface area contributed by atoms with Gasteiger partial charge in [0.05, 0.1) is 5.02 Å². The van der Waals surface area contributed by atoms with Crippen LogP contribution < -0.4 is 10.5 Å². The Hall–Kier alpha value is -0.680. The van der Waals surface area contributed by atoms with Gasteiger partial charge in [0.25, 0.3) is 5.91 Å². The third-order valence-electron chi connectivity index (χ3n) is 3.91. The molecule has 0 radical (unpaired) electrons. The average Bonchev–Trinajstić information content (AvgIpc) is 2.42. The molecule has 4 nitrogen and oxygen atoms in total. The summed E-state index contributed by atoms with van der Waals surface area (Å²) in [4.78, 5) is 14.0. The number of benzene rings is 1. The lowest BCUT2D eigenvalue weighted by atomic mass is 9.80. The molecule has 1 aromatic rings. The van der Waals surface area contributed by atoms with E-state index in [1.54, 1.807) is 23.1 Å². The zero-order chi connectivity index (χ0) is 15.6. The number of rotatable bonds is 3. The van der Waals surface area contributed by atoms with Crippen molar-refractivity contribution in [1.29, 1.82) is 0 Å². The molecule has 0 aliphatic carbocycles. The lowest BCUT2D eigenvalue weighted by molar-refractivity contribution is -0.136. The maximum atomic E-state index is 12.2. The van der Waals surface area contributed by atoms with Gasteiger partial charge in [-0.1, -0.05) is 37.0 Å². The van der Waals surface area contributed by atoms with E-state index in [1.807, 2.05) is 0 Å². The number of amides is 1. The molecular weight excluding hydrogens is 347 g/mol. The monoisotopic (exact) mass is 366 g/mol. The van der Waals surface area contributed by atoms with Crippen LogP contribution >= 0.6 is 35.6 Å². The third kappa shape index (κ3) is 4.66. The molecular formula is C15H21Cl3N2O2. The SMILES string of the molecule is CC1(C)CN(C(=O)COc2cc(Cl)ccc2Cl)CCC1N.Cl. The van der Waals surface area contributed by atoms with Gasteiger partial charge in [0, 0.05) is 30.2 Å². The van der Waals surface area contributed by atoms with Crippen molar-refractivity contribution in [3.8, 4) is 5.75 Å². The summed E-state index contributed by atoms with van der Waals surface area (Å²) in [5.74, 6) is 0.358. The highest BCUT2D eigenvalue weighted by Crippen LogP contribution is 2.29. The third-order valence-corrected chi connectivity index (χ3v) is 4.46. The van der Waals surface area contributed by atoms with Gasteiger partial charge in [-0.15, -0.1) is 12.4 Å². The van der Waals surface area contributed by atoms with Gasteiger partial charge in [0.2, 0.25) is 0 Å². The largest absolute Gasteiger partial charge is 0.482 e. The van der Waals surface area contributed by atoms with Gasteiger partial charge in [-0.2, -0.15) is 0 Å². The number of likely N-dealkylation sites (tertiary alicyclic amines) is 1. The van der Waals surface area contributed by atoms with E-state index in [-0.39, 0.29) is 36.4 Å². The van der Waals surface area contributed by atoms with E-state index < -0.39 is 0 Å². The first kappa shape index (κ1) is 19.4. The molecule has 1 amide bonds. The second-order valence-electron chi connectivity index (χ2n) is 6.06. The van der Waals surface area contributed by atoms with Crippen LogP contribution in [-0.4, -0.2) is 36.5 Å². The fourth-order valence-electron chi connectivity index (χ4n) is 2.41. The van der Waals surface area contributed by atoms with E-state index in [4.69, 9.17) is 33.7 Å². The summed E-state index contributed by atoms with van der Waals surface area (Å²) >= 11 is 11.9. The molecule has 1 atom stereocenters. The summed E-state index contributed by atoms with van der Waals surface area (Å²) in [6.07, 6.45) is 0.802. The second-order valence-corrected chi connectivity index (χ2v) is 6.91. The molecule has 1 saturated heterocycles. The number of carbonyl (C=O) groups excluding carboxylic acids is 1. The van der Waals surface area contributed by atoms with Crippen molar-refractivity contribution >= 4 is 41.5 Å². The molecule has 124 valence electrons. The van der Waals surface area contributed by atoms with Crippen LogP contribution in [0.4, 0.5) is 0 Å². The van der Waals surface area contributed by atoms with Crippen molar-refractivity contribution in [3.05, 3.63) is 28.2 Å². The maximum Gasteiger partial charge on any atom is 0.260 e. The van der Waals surface area contributed by atoms with Crippen LogP contribution in [0.25, 0.3) is 0 Å². The van der Waals surface area contributed by atoms with E-state index in [0.717, 1.165) is 6.42 Å². The molecule has 22 heavy (non-hydrogen) atoms. The summed E-state index contributed by atoms with van der Waals surface area (Å²) in [5, 5.41) is 0.958. The summed E-state index contributed by atoms with van der Waals surface area (Å²) in [7, 11) is 0. The van der Waals surface area contributed by atoms with Gasteiger partial charge in [0.1, 0.15) is 5.75 Å². The summed E-state index contributed by atoms with van der Waals surface area (Å²) in [5.41, 5.74) is 5.99. The molecule has 2 rings (SSSR count). The first-order chi connectivity index (χ1) is 9.79. The molecule has 0 spiro atoms. The van der Waals surface area contributed by atoms with Crippen LogP contribution in [-0.2, 0) is 4.79 Å². The number of carbonyl (C=O) groups is 1. The molecule has 1 aliphatic heterocycles. The number of nitrogens with two attached hydrogens (primary N) is 1.